The molecular weight excluding hydrogens is 140 g/mol. The Bertz CT molecular complexity index is 96.1. The number of aliphatic hydroxyl groups is 1. The first-order valence-corrected chi connectivity index (χ1v) is 4.27. The van der Waals surface area contributed by atoms with Crippen molar-refractivity contribution in [1.29, 1.82) is 0 Å². The zero-order valence-corrected chi connectivity index (χ0v) is 7.67. The summed E-state index contributed by atoms with van der Waals surface area (Å²) in [5.41, 5.74) is 5.27. The fraction of sp³-hybridized carbons (Fsp3) is 1.00. The average molecular weight is 160 g/mol. The summed E-state index contributed by atoms with van der Waals surface area (Å²) in [6.07, 6.45) is 1.52. The molecule has 0 aliphatic rings. The summed E-state index contributed by atoms with van der Waals surface area (Å²) in [4.78, 5) is 0. The Morgan fingerprint density at radius 2 is 2.00 bits per heavy atom. The second-order valence-electron chi connectivity index (χ2n) is 3.14. The van der Waals surface area contributed by atoms with Crippen molar-refractivity contribution in [3.8, 4) is 0 Å². The van der Waals surface area contributed by atoms with Gasteiger partial charge in [-0.15, -0.1) is 0 Å². The molecule has 3 unspecified atom stereocenters. The molecule has 0 aromatic heterocycles. The maximum Gasteiger partial charge on any atom is 0.117 e. The summed E-state index contributed by atoms with van der Waals surface area (Å²) in [6, 6.07) is 0.421. The molecule has 0 aliphatic carbocycles. The van der Waals surface area contributed by atoms with Gasteiger partial charge < -0.3 is 16.2 Å². The molecule has 0 aromatic carbocycles. The fourth-order valence-corrected chi connectivity index (χ4v) is 1.06. The molecule has 0 bridgehead atoms. The van der Waals surface area contributed by atoms with Crippen LogP contribution in [-0.4, -0.2) is 23.4 Å². The van der Waals surface area contributed by atoms with Gasteiger partial charge in [0.2, 0.25) is 0 Å². The molecule has 0 fully saturated rings. The van der Waals surface area contributed by atoms with E-state index in [0.29, 0.717) is 6.04 Å². The summed E-state index contributed by atoms with van der Waals surface area (Å²) in [6.45, 7) is 6.13. The third-order valence-corrected chi connectivity index (χ3v) is 1.78. The Kier molecular flexibility index (Phi) is 5.46. The minimum Gasteiger partial charge on any atom is -0.377 e. The topological polar surface area (TPSA) is 58.3 Å². The lowest BCUT2D eigenvalue weighted by molar-refractivity contribution is 0.135. The molecule has 0 heterocycles. The van der Waals surface area contributed by atoms with E-state index in [4.69, 9.17) is 10.8 Å². The van der Waals surface area contributed by atoms with Gasteiger partial charge in [0.1, 0.15) is 6.23 Å². The van der Waals surface area contributed by atoms with Gasteiger partial charge in [0.25, 0.3) is 0 Å². The number of hydrogen-bond acceptors (Lipinski definition) is 3. The molecule has 3 nitrogen and oxygen atoms in total. The summed E-state index contributed by atoms with van der Waals surface area (Å²) in [5, 5.41) is 12.2. The van der Waals surface area contributed by atoms with Crippen LogP contribution in [0.15, 0.2) is 0 Å². The van der Waals surface area contributed by atoms with Crippen LogP contribution in [0.4, 0.5) is 0 Å². The molecule has 68 valence electrons. The van der Waals surface area contributed by atoms with Gasteiger partial charge in [-0.25, -0.2) is 0 Å². The Morgan fingerprint density at radius 3 is 2.36 bits per heavy atom. The fourth-order valence-electron chi connectivity index (χ4n) is 1.06. The highest BCUT2D eigenvalue weighted by atomic mass is 16.3. The molecule has 0 saturated carbocycles. The lowest BCUT2D eigenvalue weighted by Gasteiger charge is -2.21. The van der Waals surface area contributed by atoms with Gasteiger partial charge in [-0.05, 0) is 20.3 Å². The van der Waals surface area contributed by atoms with Gasteiger partial charge in [-0.3, -0.25) is 0 Å². The predicted molar refractivity (Wildman–Crippen MR) is 47.2 cm³/mol. The van der Waals surface area contributed by atoms with Gasteiger partial charge in [-0.2, -0.15) is 0 Å². The van der Waals surface area contributed by atoms with Crippen LogP contribution in [0.1, 0.15) is 33.6 Å². The Balaban J connectivity index is 3.48. The average Bonchev–Trinajstić information content (AvgIpc) is 1.87. The van der Waals surface area contributed by atoms with E-state index in [1.54, 1.807) is 0 Å². The normalized spacial score (nSPS) is 19.4. The lowest BCUT2D eigenvalue weighted by Crippen LogP contribution is -2.46. The quantitative estimate of drug-likeness (QED) is 0.511. The highest BCUT2D eigenvalue weighted by Crippen LogP contribution is 1.97. The van der Waals surface area contributed by atoms with E-state index in [1.165, 1.54) is 0 Å². The van der Waals surface area contributed by atoms with Gasteiger partial charge in [0.15, 0.2) is 0 Å². The standard InChI is InChI=1S/C8H20N2O/c1-4-5-6(2)10-7(3)8(9)11/h6-8,10-11H,4-5,9H2,1-3H3. The summed E-state index contributed by atoms with van der Waals surface area (Å²) in [5.74, 6) is 0. The molecule has 0 spiro atoms. The number of nitrogens with two attached hydrogens (primary N) is 1. The third-order valence-electron chi connectivity index (χ3n) is 1.78. The molecule has 0 rings (SSSR count). The van der Waals surface area contributed by atoms with Crippen LogP contribution in [0.25, 0.3) is 0 Å². The van der Waals surface area contributed by atoms with E-state index in [1.807, 2.05) is 6.92 Å². The highest BCUT2D eigenvalue weighted by Gasteiger charge is 2.10. The molecule has 11 heavy (non-hydrogen) atoms. The minimum atomic E-state index is -0.755. The lowest BCUT2D eigenvalue weighted by atomic mass is 10.1. The Labute approximate surface area is 69.0 Å². The van der Waals surface area contributed by atoms with E-state index in [-0.39, 0.29) is 6.04 Å². The zero-order valence-electron chi connectivity index (χ0n) is 7.67. The number of aliphatic hydroxyl groups excluding tert-OH is 1. The molecule has 0 aromatic rings. The first-order chi connectivity index (χ1) is 5.07. The SMILES string of the molecule is CCCC(C)NC(C)C(N)O. The van der Waals surface area contributed by atoms with Gasteiger partial charge >= 0.3 is 0 Å². The Hall–Kier alpha value is -0.120. The molecule has 0 radical (unpaired) electrons. The van der Waals surface area contributed by atoms with Crippen LogP contribution < -0.4 is 11.1 Å². The van der Waals surface area contributed by atoms with Crippen molar-refractivity contribution in [3.63, 3.8) is 0 Å². The van der Waals surface area contributed by atoms with Crippen LogP contribution in [-0.2, 0) is 0 Å². The van der Waals surface area contributed by atoms with Crippen molar-refractivity contribution in [3.05, 3.63) is 0 Å². The smallest absolute Gasteiger partial charge is 0.117 e. The van der Waals surface area contributed by atoms with Crippen molar-refractivity contribution in [2.45, 2.75) is 51.9 Å². The van der Waals surface area contributed by atoms with E-state index in [9.17, 15) is 0 Å². The van der Waals surface area contributed by atoms with Crippen LogP contribution in [0.3, 0.4) is 0 Å². The van der Waals surface area contributed by atoms with E-state index < -0.39 is 6.23 Å². The summed E-state index contributed by atoms with van der Waals surface area (Å²) in [7, 11) is 0. The van der Waals surface area contributed by atoms with Crippen molar-refractivity contribution in [2.75, 3.05) is 0 Å². The van der Waals surface area contributed by atoms with Crippen molar-refractivity contribution in [2.24, 2.45) is 5.73 Å². The van der Waals surface area contributed by atoms with Crippen LogP contribution >= 0.6 is 0 Å². The second kappa shape index (κ2) is 5.52. The first-order valence-electron chi connectivity index (χ1n) is 4.27. The van der Waals surface area contributed by atoms with Crippen LogP contribution in [0, 0.1) is 0 Å². The Morgan fingerprint density at radius 1 is 1.45 bits per heavy atom. The number of nitrogens with one attached hydrogen (secondary N) is 1. The second-order valence-corrected chi connectivity index (χ2v) is 3.14. The van der Waals surface area contributed by atoms with Gasteiger partial charge in [0, 0.05) is 12.1 Å². The zero-order chi connectivity index (χ0) is 8.85. The van der Waals surface area contributed by atoms with E-state index >= 15 is 0 Å². The molecule has 0 amide bonds. The van der Waals surface area contributed by atoms with Gasteiger partial charge in [-0.1, -0.05) is 13.3 Å². The molecule has 3 atom stereocenters. The third kappa shape index (κ3) is 5.18. The monoisotopic (exact) mass is 160 g/mol. The predicted octanol–water partition coefficient (Wildman–Crippen LogP) is 0.430. The van der Waals surface area contributed by atoms with Crippen molar-refractivity contribution < 1.29 is 5.11 Å². The number of rotatable bonds is 5. The molecular formula is C8H20N2O. The highest BCUT2D eigenvalue weighted by molar-refractivity contribution is 4.70. The molecule has 4 N–H and O–H groups in total. The van der Waals surface area contributed by atoms with Crippen LogP contribution in [0.5, 0.6) is 0 Å². The largest absolute Gasteiger partial charge is 0.377 e. The van der Waals surface area contributed by atoms with Crippen LogP contribution in [0.2, 0.25) is 0 Å². The summed E-state index contributed by atoms with van der Waals surface area (Å²) >= 11 is 0. The van der Waals surface area contributed by atoms with Crippen molar-refractivity contribution >= 4 is 0 Å². The van der Waals surface area contributed by atoms with Crippen molar-refractivity contribution in [1.82, 2.24) is 5.32 Å². The van der Waals surface area contributed by atoms with E-state index in [2.05, 4.69) is 19.2 Å². The first kappa shape index (κ1) is 10.9. The molecule has 3 heteroatoms. The van der Waals surface area contributed by atoms with Gasteiger partial charge in [0.05, 0.1) is 0 Å². The minimum absolute atomic E-state index is 0.0171. The molecule has 0 saturated heterocycles. The van der Waals surface area contributed by atoms with E-state index in [0.717, 1.165) is 12.8 Å². The maximum atomic E-state index is 8.95. The molecule has 0 aliphatic heterocycles. The summed E-state index contributed by atoms with van der Waals surface area (Å²) < 4.78 is 0. The maximum absolute atomic E-state index is 8.95. The number of hydrogen-bond donors (Lipinski definition) is 3.